The van der Waals surface area contributed by atoms with E-state index in [0.29, 0.717) is 6.54 Å². The number of benzene rings is 1. The van der Waals surface area contributed by atoms with E-state index >= 15 is 0 Å². The minimum absolute atomic E-state index is 0.278. The van der Waals surface area contributed by atoms with Crippen molar-refractivity contribution in [1.82, 2.24) is 5.32 Å². The molecule has 0 saturated heterocycles. The van der Waals surface area contributed by atoms with Crippen LogP contribution < -0.4 is 10.1 Å². The quantitative estimate of drug-likeness (QED) is 0.896. The fraction of sp³-hybridized carbons (Fsp3) is 0.231. The van der Waals surface area contributed by atoms with Crippen molar-refractivity contribution >= 4 is 27.3 Å². The molecule has 1 heterocycles. The standard InChI is InChI=1S/C13H13BrFNOS/c1-17-12-3-2-9(6-11(12)15)7-16-8-13-10(14)4-5-18-13/h2-6,16H,7-8H2,1H3. The Morgan fingerprint density at radius 1 is 1.33 bits per heavy atom. The molecule has 0 aliphatic carbocycles. The van der Waals surface area contributed by atoms with Gasteiger partial charge in [0.2, 0.25) is 0 Å². The summed E-state index contributed by atoms with van der Waals surface area (Å²) >= 11 is 5.17. The molecule has 2 nitrogen and oxygen atoms in total. The molecule has 0 spiro atoms. The number of nitrogens with one attached hydrogen (secondary N) is 1. The van der Waals surface area contributed by atoms with Gasteiger partial charge in [-0.25, -0.2) is 4.39 Å². The molecular formula is C13H13BrFNOS. The molecule has 0 aliphatic rings. The number of rotatable bonds is 5. The van der Waals surface area contributed by atoms with Crippen molar-refractivity contribution in [2.24, 2.45) is 0 Å². The Morgan fingerprint density at radius 3 is 2.78 bits per heavy atom. The van der Waals surface area contributed by atoms with Crippen LogP contribution >= 0.6 is 27.3 Å². The monoisotopic (exact) mass is 329 g/mol. The molecule has 0 atom stereocenters. The van der Waals surface area contributed by atoms with Gasteiger partial charge in [0.05, 0.1) is 7.11 Å². The van der Waals surface area contributed by atoms with Crippen molar-refractivity contribution in [3.8, 4) is 5.75 Å². The number of ether oxygens (including phenoxy) is 1. The molecule has 0 unspecified atom stereocenters. The van der Waals surface area contributed by atoms with Gasteiger partial charge >= 0.3 is 0 Å². The third kappa shape index (κ3) is 3.31. The predicted octanol–water partition coefficient (Wildman–Crippen LogP) is 3.95. The summed E-state index contributed by atoms with van der Waals surface area (Å²) in [6.45, 7) is 1.40. The zero-order valence-corrected chi connectivity index (χ0v) is 12.3. The molecule has 0 bridgehead atoms. The maximum absolute atomic E-state index is 13.5. The topological polar surface area (TPSA) is 21.3 Å². The third-order valence-electron chi connectivity index (χ3n) is 2.52. The van der Waals surface area contributed by atoms with E-state index in [9.17, 15) is 4.39 Å². The summed E-state index contributed by atoms with van der Waals surface area (Å²) in [6.07, 6.45) is 0. The van der Waals surface area contributed by atoms with Crippen LogP contribution in [0.3, 0.4) is 0 Å². The minimum Gasteiger partial charge on any atom is -0.494 e. The van der Waals surface area contributed by atoms with Crippen LogP contribution in [0.5, 0.6) is 5.75 Å². The molecular weight excluding hydrogens is 317 g/mol. The minimum atomic E-state index is -0.325. The molecule has 96 valence electrons. The van der Waals surface area contributed by atoms with Crippen LogP contribution in [-0.2, 0) is 13.1 Å². The van der Waals surface area contributed by atoms with Crippen LogP contribution in [-0.4, -0.2) is 7.11 Å². The summed E-state index contributed by atoms with van der Waals surface area (Å²) in [4.78, 5) is 1.24. The average molecular weight is 330 g/mol. The van der Waals surface area contributed by atoms with E-state index in [4.69, 9.17) is 4.74 Å². The Morgan fingerprint density at radius 2 is 2.17 bits per heavy atom. The number of hydrogen-bond donors (Lipinski definition) is 1. The molecule has 2 aromatic rings. The van der Waals surface area contributed by atoms with Gasteiger partial charge in [-0.1, -0.05) is 6.07 Å². The zero-order chi connectivity index (χ0) is 13.0. The molecule has 0 saturated carbocycles. The second kappa shape index (κ2) is 6.31. The second-order valence-corrected chi connectivity index (χ2v) is 5.62. The summed E-state index contributed by atoms with van der Waals surface area (Å²) in [5, 5.41) is 5.32. The fourth-order valence-electron chi connectivity index (χ4n) is 1.59. The molecule has 0 amide bonds. The van der Waals surface area contributed by atoms with E-state index in [1.165, 1.54) is 18.1 Å². The van der Waals surface area contributed by atoms with Gasteiger partial charge in [-0.05, 0) is 45.1 Å². The van der Waals surface area contributed by atoms with Crippen LogP contribution in [0, 0.1) is 5.82 Å². The smallest absolute Gasteiger partial charge is 0.165 e. The van der Waals surface area contributed by atoms with Gasteiger partial charge < -0.3 is 10.1 Å². The summed E-state index contributed by atoms with van der Waals surface area (Å²) in [5.74, 6) is -0.0474. The molecule has 1 N–H and O–H groups in total. The maximum atomic E-state index is 13.5. The van der Waals surface area contributed by atoms with E-state index in [0.717, 1.165) is 16.6 Å². The summed E-state index contributed by atoms with van der Waals surface area (Å²) in [5.41, 5.74) is 0.904. The fourth-order valence-corrected chi connectivity index (χ4v) is 3.05. The van der Waals surface area contributed by atoms with Crippen molar-refractivity contribution in [1.29, 1.82) is 0 Å². The Balaban J connectivity index is 1.91. The van der Waals surface area contributed by atoms with Gasteiger partial charge in [-0.2, -0.15) is 0 Å². The van der Waals surface area contributed by atoms with Crippen LogP contribution in [0.2, 0.25) is 0 Å². The normalized spacial score (nSPS) is 10.6. The number of methoxy groups -OCH3 is 1. The third-order valence-corrected chi connectivity index (χ3v) is 4.45. The first-order valence-electron chi connectivity index (χ1n) is 5.45. The molecule has 2 rings (SSSR count). The van der Waals surface area contributed by atoms with E-state index in [1.807, 2.05) is 17.5 Å². The van der Waals surface area contributed by atoms with E-state index in [2.05, 4.69) is 21.2 Å². The van der Waals surface area contributed by atoms with Crippen molar-refractivity contribution in [2.45, 2.75) is 13.1 Å². The highest BCUT2D eigenvalue weighted by atomic mass is 79.9. The van der Waals surface area contributed by atoms with Crippen LogP contribution in [0.1, 0.15) is 10.4 Å². The van der Waals surface area contributed by atoms with Crippen LogP contribution in [0.15, 0.2) is 34.1 Å². The van der Waals surface area contributed by atoms with Gasteiger partial charge in [-0.15, -0.1) is 11.3 Å². The summed E-state index contributed by atoms with van der Waals surface area (Å²) in [6, 6.07) is 7.02. The lowest BCUT2D eigenvalue weighted by Gasteiger charge is -2.06. The van der Waals surface area contributed by atoms with Crippen LogP contribution in [0.25, 0.3) is 0 Å². The second-order valence-electron chi connectivity index (χ2n) is 3.76. The van der Waals surface area contributed by atoms with Gasteiger partial charge in [0.25, 0.3) is 0 Å². The molecule has 18 heavy (non-hydrogen) atoms. The average Bonchev–Trinajstić information content (AvgIpc) is 2.75. The Hall–Kier alpha value is -0.910. The lowest BCUT2D eigenvalue weighted by molar-refractivity contribution is 0.386. The number of thiophene rings is 1. The molecule has 0 aliphatic heterocycles. The lowest BCUT2D eigenvalue weighted by Crippen LogP contribution is -2.12. The van der Waals surface area contributed by atoms with Gasteiger partial charge in [0.15, 0.2) is 11.6 Å². The van der Waals surface area contributed by atoms with Gasteiger partial charge in [-0.3, -0.25) is 0 Å². The highest BCUT2D eigenvalue weighted by Gasteiger charge is 2.04. The SMILES string of the molecule is COc1ccc(CNCc2sccc2Br)cc1F. The zero-order valence-electron chi connectivity index (χ0n) is 9.87. The number of halogens is 2. The van der Waals surface area contributed by atoms with Gasteiger partial charge in [0, 0.05) is 22.4 Å². The van der Waals surface area contributed by atoms with Crippen LogP contribution in [0.4, 0.5) is 4.39 Å². The van der Waals surface area contributed by atoms with Crippen molar-refractivity contribution < 1.29 is 9.13 Å². The van der Waals surface area contributed by atoms with Crippen molar-refractivity contribution in [2.75, 3.05) is 7.11 Å². The Labute approximate surface area is 118 Å². The Bertz CT molecular complexity index is 529. The summed E-state index contributed by atoms with van der Waals surface area (Å²) in [7, 11) is 1.46. The van der Waals surface area contributed by atoms with Gasteiger partial charge in [0.1, 0.15) is 0 Å². The maximum Gasteiger partial charge on any atom is 0.165 e. The predicted molar refractivity (Wildman–Crippen MR) is 75.5 cm³/mol. The summed E-state index contributed by atoms with van der Waals surface area (Å²) < 4.78 is 19.4. The van der Waals surface area contributed by atoms with E-state index in [-0.39, 0.29) is 11.6 Å². The molecule has 0 radical (unpaired) electrons. The van der Waals surface area contributed by atoms with E-state index in [1.54, 1.807) is 17.4 Å². The first-order valence-corrected chi connectivity index (χ1v) is 7.13. The first kappa shape index (κ1) is 13.5. The van der Waals surface area contributed by atoms with Crippen molar-refractivity contribution in [3.63, 3.8) is 0 Å². The molecule has 5 heteroatoms. The molecule has 1 aromatic carbocycles. The highest BCUT2D eigenvalue weighted by molar-refractivity contribution is 9.10. The first-order chi connectivity index (χ1) is 8.70. The largest absolute Gasteiger partial charge is 0.494 e. The highest BCUT2D eigenvalue weighted by Crippen LogP contribution is 2.22. The molecule has 1 aromatic heterocycles. The lowest BCUT2D eigenvalue weighted by atomic mass is 10.2. The van der Waals surface area contributed by atoms with E-state index < -0.39 is 0 Å². The Kier molecular flexibility index (Phi) is 4.74. The molecule has 0 fully saturated rings. The van der Waals surface area contributed by atoms with Crippen molar-refractivity contribution in [3.05, 3.63) is 50.4 Å². The number of hydrogen-bond acceptors (Lipinski definition) is 3.